The minimum atomic E-state index is 0.0303. The van der Waals surface area contributed by atoms with Crippen LogP contribution in [0.25, 0.3) is 10.9 Å². The number of nitrogens with one attached hydrogen (secondary N) is 1. The average Bonchev–Trinajstić information content (AvgIpc) is 2.26. The zero-order valence-corrected chi connectivity index (χ0v) is 13.8. The Labute approximate surface area is 126 Å². The molecule has 2 rings (SSSR count). The van der Waals surface area contributed by atoms with Crippen molar-refractivity contribution in [1.29, 1.82) is 0 Å². The summed E-state index contributed by atoms with van der Waals surface area (Å²) in [7, 11) is 1.93. The molecule has 1 aromatic heterocycles. The largest absolute Gasteiger partial charge is 0.388 e. The molecule has 0 fully saturated rings. The van der Waals surface area contributed by atoms with Crippen LogP contribution < -0.4 is 5.32 Å². The van der Waals surface area contributed by atoms with Gasteiger partial charge in [-0.1, -0.05) is 32.4 Å². The van der Waals surface area contributed by atoms with E-state index < -0.39 is 0 Å². The van der Waals surface area contributed by atoms with E-state index in [0.717, 1.165) is 30.9 Å². The van der Waals surface area contributed by atoms with Crippen molar-refractivity contribution < 1.29 is 0 Å². The highest BCUT2D eigenvalue weighted by atomic mass is 127. The molecule has 2 aromatic rings. The molecule has 0 atom stereocenters. The Morgan fingerprint density at radius 1 is 1.22 bits per heavy atom. The lowest BCUT2D eigenvalue weighted by molar-refractivity contribution is 0.572. The smallest absolute Gasteiger partial charge is 0.0860 e. The van der Waals surface area contributed by atoms with Crippen molar-refractivity contribution in [2.75, 3.05) is 12.4 Å². The first-order valence-electron chi connectivity index (χ1n) is 5.81. The Kier molecular flexibility index (Phi) is 3.74. The highest BCUT2D eigenvalue weighted by Gasteiger charge is 2.18. The van der Waals surface area contributed by atoms with Gasteiger partial charge in [0.05, 0.1) is 5.52 Å². The van der Waals surface area contributed by atoms with Crippen molar-refractivity contribution in [2.24, 2.45) is 0 Å². The predicted octanol–water partition coefficient (Wildman–Crippen LogP) is 4.83. The van der Waals surface area contributed by atoms with Gasteiger partial charge in [-0.2, -0.15) is 0 Å². The summed E-state index contributed by atoms with van der Waals surface area (Å²) in [6.07, 6.45) is 0. The molecule has 0 unspecified atom stereocenters. The maximum atomic E-state index is 6.12. The number of benzene rings is 1. The second-order valence-electron chi connectivity index (χ2n) is 5.34. The average molecular weight is 375 g/mol. The highest BCUT2D eigenvalue weighted by Crippen LogP contribution is 2.33. The Hall–Kier alpha value is -0.550. The molecule has 4 heteroatoms. The second kappa shape index (κ2) is 4.85. The number of rotatable bonds is 1. The molecule has 0 aliphatic heterocycles. The van der Waals surface area contributed by atoms with Crippen LogP contribution in [0, 0.1) is 3.57 Å². The topological polar surface area (TPSA) is 24.9 Å². The van der Waals surface area contributed by atoms with Gasteiger partial charge in [-0.05, 0) is 40.8 Å². The van der Waals surface area contributed by atoms with Gasteiger partial charge in [-0.3, -0.25) is 4.98 Å². The maximum Gasteiger partial charge on any atom is 0.0860 e. The minimum Gasteiger partial charge on any atom is -0.388 e. The molecule has 0 saturated heterocycles. The Morgan fingerprint density at radius 2 is 1.89 bits per heavy atom. The lowest BCUT2D eigenvalue weighted by Gasteiger charge is -2.20. The van der Waals surface area contributed by atoms with Crippen LogP contribution in [-0.2, 0) is 5.41 Å². The molecule has 0 spiro atoms. The quantitative estimate of drug-likeness (QED) is 0.723. The number of nitrogens with zero attached hydrogens (tertiary/aromatic N) is 1. The number of anilines is 1. The van der Waals surface area contributed by atoms with E-state index in [1.807, 2.05) is 19.2 Å². The molecule has 1 heterocycles. The van der Waals surface area contributed by atoms with Crippen LogP contribution in [-0.4, -0.2) is 12.0 Å². The number of halogens is 2. The maximum absolute atomic E-state index is 6.12. The van der Waals surface area contributed by atoms with Crippen LogP contribution in [0.3, 0.4) is 0 Å². The van der Waals surface area contributed by atoms with Crippen molar-refractivity contribution in [3.63, 3.8) is 0 Å². The Balaban J connectivity index is 2.84. The van der Waals surface area contributed by atoms with E-state index in [4.69, 9.17) is 16.6 Å². The van der Waals surface area contributed by atoms with E-state index in [9.17, 15) is 0 Å². The summed E-state index contributed by atoms with van der Waals surface area (Å²) in [5.74, 6) is 0. The first kappa shape index (κ1) is 13.9. The zero-order valence-electron chi connectivity index (χ0n) is 10.9. The summed E-state index contributed by atoms with van der Waals surface area (Å²) in [6.45, 7) is 6.51. The fraction of sp³-hybridized carbons (Fsp3) is 0.357. The SMILES string of the molecule is CNc1cc(C(C)(C)C)nc2c(I)cc(Cl)cc12. The number of fused-ring (bicyclic) bond motifs is 1. The van der Waals surface area contributed by atoms with Gasteiger partial charge in [-0.25, -0.2) is 0 Å². The van der Waals surface area contributed by atoms with Crippen LogP contribution in [0.15, 0.2) is 18.2 Å². The van der Waals surface area contributed by atoms with Gasteiger partial charge in [0, 0.05) is 37.8 Å². The molecule has 0 amide bonds. The van der Waals surface area contributed by atoms with Gasteiger partial charge < -0.3 is 5.32 Å². The predicted molar refractivity (Wildman–Crippen MR) is 87.7 cm³/mol. The summed E-state index contributed by atoms with van der Waals surface area (Å²) in [4.78, 5) is 4.79. The zero-order chi connectivity index (χ0) is 13.5. The van der Waals surface area contributed by atoms with Crippen molar-refractivity contribution >= 4 is 50.8 Å². The molecule has 0 aliphatic rings. The number of hydrogen-bond acceptors (Lipinski definition) is 2. The summed E-state index contributed by atoms with van der Waals surface area (Å²) < 4.78 is 1.08. The van der Waals surface area contributed by atoms with Gasteiger partial charge in [0.2, 0.25) is 0 Å². The highest BCUT2D eigenvalue weighted by molar-refractivity contribution is 14.1. The molecule has 0 radical (unpaired) electrons. The molecular weight excluding hydrogens is 359 g/mol. The molecule has 0 aliphatic carbocycles. The Morgan fingerprint density at radius 3 is 2.44 bits per heavy atom. The normalized spacial score (nSPS) is 11.9. The van der Waals surface area contributed by atoms with Crippen LogP contribution in [0.2, 0.25) is 5.02 Å². The fourth-order valence-corrected chi connectivity index (χ4v) is 2.99. The minimum absolute atomic E-state index is 0.0303. The standard InChI is InChI=1S/C14H16ClIN2/c1-14(2,3)12-7-11(17-4)9-5-8(15)6-10(16)13(9)18-12/h5-7H,1-4H3,(H,17,18). The molecule has 1 N–H and O–H groups in total. The van der Waals surface area contributed by atoms with Crippen molar-refractivity contribution in [3.05, 3.63) is 32.5 Å². The van der Waals surface area contributed by atoms with Crippen molar-refractivity contribution in [2.45, 2.75) is 26.2 Å². The third-order valence-corrected chi connectivity index (χ3v) is 3.91. The summed E-state index contributed by atoms with van der Waals surface area (Å²) in [5.41, 5.74) is 3.20. The molecule has 0 bridgehead atoms. The lowest BCUT2D eigenvalue weighted by atomic mass is 9.91. The Bertz CT molecular complexity index is 603. The number of aromatic nitrogens is 1. The second-order valence-corrected chi connectivity index (χ2v) is 6.94. The van der Waals surface area contributed by atoms with Crippen LogP contribution in [0.1, 0.15) is 26.5 Å². The van der Waals surface area contributed by atoms with E-state index in [1.165, 1.54) is 0 Å². The van der Waals surface area contributed by atoms with Gasteiger partial charge in [0.1, 0.15) is 0 Å². The molecule has 1 aromatic carbocycles. The van der Waals surface area contributed by atoms with E-state index in [2.05, 4.69) is 54.7 Å². The van der Waals surface area contributed by atoms with E-state index in [-0.39, 0.29) is 5.41 Å². The third-order valence-electron chi connectivity index (χ3n) is 2.87. The van der Waals surface area contributed by atoms with Crippen LogP contribution in [0.4, 0.5) is 5.69 Å². The van der Waals surface area contributed by atoms with E-state index in [1.54, 1.807) is 0 Å². The fourth-order valence-electron chi connectivity index (χ4n) is 1.84. The van der Waals surface area contributed by atoms with Crippen molar-refractivity contribution in [3.8, 4) is 0 Å². The molecule has 0 saturated carbocycles. The van der Waals surface area contributed by atoms with E-state index >= 15 is 0 Å². The van der Waals surface area contributed by atoms with Gasteiger partial charge >= 0.3 is 0 Å². The third kappa shape index (κ3) is 2.57. The van der Waals surface area contributed by atoms with Crippen molar-refractivity contribution in [1.82, 2.24) is 4.98 Å². The van der Waals surface area contributed by atoms with Crippen LogP contribution in [0.5, 0.6) is 0 Å². The van der Waals surface area contributed by atoms with Crippen LogP contribution >= 0.6 is 34.2 Å². The first-order chi connectivity index (χ1) is 8.32. The monoisotopic (exact) mass is 374 g/mol. The molecule has 2 nitrogen and oxygen atoms in total. The lowest BCUT2D eigenvalue weighted by Crippen LogP contribution is -2.14. The first-order valence-corrected chi connectivity index (χ1v) is 7.26. The summed E-state index contributed by atoms with van der Waals surface area (Å²) >= 11 is 8.41. The number of hydrogen-bond donors (Lipinski definition) is 1. The molecular formula is C14H16ClIN2. The van der Waals surface area contributed by atoms with Gasteiger partial charge in [0.25, 0.3) is 0 Å². The van der Waals surface area contributed by atoms with Gasteiger partial charge in [0.15, 0.2) is 0 Å². The number of pyridine rings is 1. The molecule has 18 heavy (non-hydrogen) atoms. The van der Waals surface area contributed by atoms with Gasteiger partial charge in [-0.15, -0.1) is 0 Å². The summed E-state index contributed by atoms with van der Waals surface area (Å²) in [5, 5.41) is 5.05. The molecule has 96 valence electrons. The van der Waals surface area contributed by atoms with E-state index in [0.29, 0.717) is 0 Å². The summed E-state index contributed by atoms with van der Waals surface area (Å²) in [6, 6.07) is 6.02.